The molecule has 0 aromatic heterocycles. The maximum Gasteiger partial charge on any atom is 0.244 e. The van der Waals surface area contributed by atoms with E-state index in [1.54, 1.807) is 11.0 Å². The van der Waals surface area contributed by atoms with E-state index in [1.807, 2.05) is 12.1 Å². The van der Waals surface area contributed by atoms with Gasteiger partial charge in [-0.2, -0.15) is 0 Å². The summed E-state index contributed by atoms with van der Waals surface area (Å²) in [5, 5.41) is 0.295. The number of hydrogen-bond donors (Lipinski definition) is 0. The molecule has 0 bridgehead atoms. The molecule has 1 fully saturated rings. The monoisotopic (exact) mass is 327 g/mol. The van der Waals surface area contributed by atoms with Crippen LogP contribution in [0.1, 0.15) is 37.8 Å². The molecule has 21 heavy (non-hydrogen) atoms. The van der Waals surface area contributed by atoms with Gasteiger partial charge in [-0.15, -0.1) is 0 Å². The maximum atomic E-state index is 12.7. The third-order valence-electron chi connectivity index (χ3n) is 4.37. The van der Waals surface area contributed by atoms with Gasteiger partial charge in [-0.3, -0.25) is 4.79 Å². The number of amides is 1. The summed E-state index contributed by atoms with van der Waals surface area (Å²) in [6, 6.07) is 5.53. The highest BCUT2D eigenvalue weighted by molar-refractivity contribution is 7.94. The normalized spacial score (nSPS) is 18.7. The van der Waals surface area contributed by atoms with Crippen LogP contribution < -0.4 is 0 Å². The molecule has 1 aliphatic carbocycles. The van der Waals surface area contributed by atoms with Crippen molar-refractivity contribution in [2.45, 2.75) is 49.8 Å². The predicted molar refractivity (Wildman–Crippen MR) is 81.7 cm³/mol. The first-order valence-electron chi connectivity index (χ1n) is 7.03. The van der Waals surface area contributed by atoms with Crippen molar-refractivity contribution in [1.29, 1.82) is 0 Å². The maximum absolute atomic E-state index is 12.7. The number of halogens is 1. The van der Waals surface area contributed by atoms with Crippen molar-refractivity contribution < 1.29 is 13.2 Å². The summed E-state index contributed by atoms with van der Waals surface area (Å²) < 4.78 is 23.6. The summed E-state index contributed by atoms with van der Waals surface area (Å²) in [6.07, 6.45) is 1.35. The SMILES string of the molecule is CC(C)(C(=O)N1Cc2ccc(Cl)cc2C1)S(=O)(=O)C1CC1. The summed E-state index contributed by atoms with van der Waals surface area (Å²) in [4.78, 5) is 14.3. The Morgan fingerprint density at radius 1 is 1.24 bits per heavy atom. The lowest BCUT2D eigenvalue weighted by atomic mass is 10.1. The zero-order valence-corrected chi connectivity index (χ0v) is 13.7. The number of fused-ring (bicyclic) bond motifs is 1. The molecule has 114 valence electrons. The van der Waals surface area contributed by atoms with Crippen LogP contribution in [-0.4, -0.2) is 29.2 Å². The van der Waals surface area contributed by atoms with Gasteiger partial charge >= 0.3 is 0 Å². The van der Waals surface area contributed by atoms with Crippen LogP contribution in [0.25, 0.3) is 0 Å². The fourth-order valence-corrected chi connectivity index (χ4v) is 4.96. The average molecular weight is 328 g/mol. The summed E-state index contributed by atoms with van der Waals surface area (Å²) in [5.41, 5.74) is 2.03. The summed E-state index contributed by atoms with van der Waals surface area (Å²) in [7, 11) is -3.41. The number of carbonyl (C=O) groups is 1. The molecule has 0 atom stereocenters. The molecule has 1 aromatic rings. The Balaban J connectivity index is 1.84. The lowest BCUT2D eigenvalue weighted by Gasteiger charge is -2.28. The van der Waals surface area contributed by atoms with Crippen molar-refractivity contribution in [3.63, 3.8) is 0 Å². The minimum absolute atomic E-state index is 0.318. The molecule has 1 heterocycles. The number of hydrogen-bond acceptors (Lipinski definition) is 3. The molecular weight excluding hydrogens is 310 g/mol. The van der Waals surface area contributed by atoms with Crippen LogP contribution in [0, 0.1) is 0 Å². The Bertz CT molecular complexity index is 708. The summed E-state index contributed by atoms with van der Waals surface area (Å²) in [6.45, 7) is 3.94. The van der Waals surface area contributed by atoms with E-state index in [4.69, 9.17) is 11.6 Å². The van der Waals surface area contributed by atoms with Crippen molar-refractivity contribution >= 4 is 27.3 Å². The van der Waals surface area contributed by atoms with E-state index in [0.29, 0.717) is 31.0 Å². The molecule has 0 radical (unpaired) electrons. The zero-order chi connectivity index (χ0) is 15.4. The van der Waals surface area contributed by atoms with Crippen LogP contribution in [0.2, 0.25) is 5.02 Å². The highest BCUT2D eigenvalue weighted by Gasteiger charge is 2.52. The predicted octanol–water partition coefficient (Wildman–Crippen LogP) is 2.54. The molecule has 0 saturated heterocycles. The smallest absolute Gasteiger partial charge is 0.244 e. The van der Waals surface area contributed by atoms with Gasteiger partial charge in [-0.05, 0) is 49.9 Å². The quantitative estimate of drug-likeness (QED) is 0.857. The van der Waals surface area contributed by atoms with Gasteiger partial charge < -0.3 is 4.90 Å². The van der Waals surface area contributed by atoms with Gasteiger partial charge in [0.25, 0.3) is 0 Å². The van der Waals surface area contributed by atoms with Gasteiger partial charge in [0.15, 0.2) is 9.84 Å². The van der Waals surface area contributed by atoms with Gasteiger partial charge in [0.2, 0.25) is 5.91 Å². The molecule has 4 nitrogen and oxygen atoms in total. The van der Waals surface area contributed by atoms with Crippen LogP contribution in [0.3, 0.4) is 0 Å². The van der Waals surface area contributed by atoms with Crippen molar-refractivity contribution in [3.05, 3.63) is 34.3 Å². The molecule has 1 aliphatic heterocycles. The Morgan fingerprint density at radius 3 is 2.48 bits per heavy atom. The van der Waals surface area contributed by atoms with E-state index < -0.39 is 14.6 Å². The number of benzene rings is 1. The van der Waals surface area contributed by atoms with E-state index in [2.05, 4.69) is 0 Å². The van der Waals surface area contributed by atoms with E-state index in [-0.39, 0.29) is 11.2 Å². The number of nitrogens with zero attached hydrogens (tertiary/aromatic N) is 1. The van der Waals surface area contributed by atoms with E-state index in [9.17, 15) is 13.2 Å². The molecule has 1 aromatic carbocycles. The molecule has 1 saturated carbocycles. The van der Waals surface area contributed by atoms with Crippen LogP contribution in [-0.2, 0) is 27.7 Å². The van der Waals surface area contributed by atoms with Crippen LogP contribution in [0.15, 0.2) is 18.2 Å². The van der Waals surface area contributed by atoms with Crippen molar-refractivity contribution in [1.82, 2.24) is 4.90 Å². The third-order valence-corrected chi connectivity index (χ3v) is 7.55. The van der Waals surface area contributed by atoms with Gasteiger partial charge in [-0.1, -0.05) is 17.7 Å². The highest BCUT2D eigenvalue weighted by Crippen LogP contribution is 2.38. The van der Waals surface area contributed by atoms with Gasteiger partial charge in [0.1, 0.15) is 4.75 Å². The van der Waals surface area contributed by atoms with Crippen molar-refractivity contribution in [2.75, 3.05) is 0 Å². The van der Waals surface area contributed by atoms with Gasteiger partial charge in [-0.25, -0.2) is 8.42 Å². The molecular formula is C15H18ClNO3S. The van der Waals surface area contributed by atoms with Crippen LogP contribution in [0.4, 0.5) is 0 Å². The molecule has 2 aliphatic rings. The second-order valence-electron chi connectivity index (χ2n) is 6.33. The van der Waals surface area contributed by atoms with Gasteiger partial charge in [0.05, 0.1) is 5.25 Å². The van der Waals surface area contributed by atoms with Gasteiger partial charge in [0, 0.05) is 18.1 Å². The van der Waals surface area contributed by atoms with Crippen molar-refractivity contribution in [2.24, 2.45) is 0 Å². The first kappa shape index (κ1) is 14.9. The largest absolute Gasteiger partial charge is 0.333 e. The lowest BCUT2D eigenvalue weighted by molar-refractivity contribution is -0.133. The molecule has 3 rings (SSSR count). The third kappa shape index (κ3) is 2.36. The Labute approximate surface area is 130 Å². The highest BCUT2D eigenvalue weighted by atomic mass is 35.5. The minimum Gasteiger partial charge on any atom is -0.333 e. The molecule has 1 amide bonds. The number of sulfone groups is 1. The molecule has 0 unspecified atom stereocenters. The first-order valence-corrected chi connectivity index (χ1v) is 8.96. The van der Waals surface area contributed by atoms with E-state index >= 15 is 0 Å². The topological polar surface area (TPSA) is 54.5 Å². The average Bonchev–Trinajstić information content (AvgIpc) is 3.18. The van der Waals surface area contributed by atoms with E-state index in [0.717, 1.165) is 11.1 Å². The molecule has 6 heteroatoms. The Hall–Kier alpha value is -1.07. The Morgan fingerprint density at radius 2 is 1.86 bits per heavy atom. The summed E-state index contributed by atoms with van der Waals surface area (Å²) in [5.74, 6) is -0.318. The second kappa shape index (κ2) is 4.71. The first-order chi connectivity index (χ1) is 9.73. The van der Waals surface area contributed by atoms with Crippen molar-refractivity contribution in [3.8, 4) is 0 Å². The fourth-order valence-electron chi connectivity index (χ4n) is 2.80. The van der Waals surface area contributed by atoms with Crippen LogP contribution in [0.5, 0.6) is 0 Å². The summed E-state index contributed by atoms with van der Waals surface area (Å²) >= 11 is 5.96. The number of carbonyl (C=O) groups excluding carboxylic acids is 1. The minimum atomic E-state index is -3.41. The van der Waals surface area contributed by atoms with Crippen LogP contribution >= 0.6 is 11.6 Å². The lowest BCUT2D eigenvalue weighted by Crippen LogP contribution is -2.49. The standard InChI is InChI=1S/C15H18ClNO3S/c1-15(2,21(19,20)13-5-6-13)14(18)17-8-10-3-4-12(16)7-11(10)9-17/h3-4,7,13H,5-6,8-9H2,1-2H3. The second-order valence-corrected chi connectivity index (χ2v) is 9.54. The number of rotatable bonds is 3. The zero-order valence-electron chi connectivity index (χ0n) is 12.1. The van der Waals surface area contributed by atoms with E-state index in [1.165, 1.54) is 13.8 Å². The molecule has 0 spiro atoms. The fraction of sp³-hybridized carbons (Fsp3) is 0.533. The molecule has 0 N–H and O–H groups in total. The Kier molecular flexibility index (Phi) is 3.33.